The Bertz CT molecular complexity index is 912. The number of fused-ring (bicyclic) bond motifs is 2. The molecule has 0 bridgehead atoms. The molecule has 0 saturated heterocycles. The first kappa shape index (κ1) is 18.0. The molecule has 8 nitrogen and oxygen atoms in total. The van der Waals surface area contributed by atoms with E-state index in [2.05, 4.69) is 5.32 Å². The number of benzene rings is 2. The minimum atomic E-state index is -0.803. The molecule has 0 radical (unpaired) electrons. The van der Waals surface area contributed by atoms with E-state index in [9.17, 15) is 9.59 Å². The Morgan fingerprint density at radius 3 is 2.71 bits per heavy atom. The smallest absolute Gasteiger partial charge is 0.262 e. The molecule has 2 aromatic carbocycles. The predicted molar refractivity (Wildman–Crippen MR) is 101 cm³/mol. The minimum absolute atomic E-state index is 0.0896. The lowest BCUT2D eigenvalue weighted by atomic mass is 10.1. The summed E-state index contributed by atoms with van der Waals surface area (Å²) < 4.78 is 22.4. The summed E-state index contributed by atoms with van der Waals surface area (Å²) in [6, 6.07) is 10.4. The maximum absolute atomic E-state index is 13.4. The van der Waals surface area contributed by atoms with E-state index in [1.165, 1.54) is 19.1 Å². The molecule has 146 valence electrons. The van der Waals surface area contributed by atoms with Gasteiger partial charge in [-0.2, -0.15) is 0 Å². The van der Waals surface area contributed by atoms with Gasteiger partial charge in [-0.15, -0.1) is 0 Å². The molecule has 2 aliphatic rings. The number of likely N-dealkylation sites (N-methyl/N-ethyl adjacent to an activating group) is 1. The fourth-order valence-electron chi connectivity index (χ4n) is 3.28. The Labute approximate surface area is 161 Å². The summed E-state index contributed by atoms with van der Waals surface area (Å²) >= 11 is 0. The van der Waals surface area contributed by atoms with Gasteiger partial charge in [-0.3, -0.25) is 9.59 Å². The quantitative estimate of drug-likeness (QED) is 0.866. The maximum Gasteiger partial charge on any atom is 0.262 e. The third-order valence-electron chi connectivity index (χ3n) is 4.63. The standard InChI is InChI=1S/C20H20N2O6/c1-21-19(23)17-11-22(13-5-3-4-6-14(13)28-17)20(24)12-9-15(25-2)18-16(10-12)26-7-8-27-18/h3-6,9-10,17H,7-8,11H2,1-2H3,(H,21,23)/t17-/m0/s1. The van der Waals surface area contributed by atoms with Crippen LogP contribution in [-0.4, -0.2) is 51.8 Å². The molecule has 8 heteroatoms. The Kier molecular flexibility index (Phi) is 4.68. The highest BCUT2D eigenvalue weighted by Crippen LogP contribution is 2.41. The third kappa shape index (κ3) is 3.06. The zero-order valence-electron chi connectivity index (χ0n) is 15.6. The number of para-hydroxylation sites is 2. The lowest BCUT2D eigenvalue weighted by Crippen LogP contribution is -2.50. The van der Waals surface area contributed by atoms with E-state index in [-0.39, 0.29) is 18.4 Å². The van der Waals surface area contributed by atoms with Crippen LogP contribution in [0.1, 0.15) is 10.4 Å². The van der Waals surface area contributed by atoms with E-state index in [4.69, 9.17) is 18.9 Å². The van der Waals surface area contributed by atoms with Crippen LogP contribution in [-0.2, 0) is 4.79 Å². The molecule has 0 unspecified atom stereocenters. The Morgan fingerprint density at radius 1 is 1.14 bits per heavy atom. The number of anilines is 1. The predicted octanol–water partition coefficient (Wildman–Crippen LogP) is 1.62. The van der Waals surface area contributed by atoms with Crippen LogP contribution in [0.2, 0.25) is 0 Å². The van der Waals surface area contributed by atoms with Crippen molar-refractivity contribution in [1.29, 1.82) is 0 Å². The first-order chi connectivity index (χ1) is 13.6. The van der Waals surface area contributed by atoms with Crippen LogP contribution in [0.4, 0.5) is 5.69 Å². The molecule has 28 heavy (non-hydrogen) atoms. The molecule has 1 N–H and O–H groups in total. The highest BCUT2D eigenvalue weighted by Gasteiger charge is 2.34. The molecule has 0 aromatic heterocycles. The van der Waals surface area contributed by atoms with E-state index >= 15 is 0 Å². The summed E-state index contributed by atoms with van der Waals surface area (Å²) in [5.41, 5.74) is 0.968. The topological polar surface area (TPSA) is 86.3 Å². The van der Waals surface area contributed by atoms with Gasteiger partial charge in [-0.1, -0.05) is 12.1 Å². The van der Waals surface area contributed by atoms with Gasteiger partial charge in [0.25, 0.3) is 11.8 Å². The van der Waals surface area contributed by atoms with Crippen molar-refractivity contribution < 1.29 is 28.5 Å². The number of nitrogens with zero attached hydrogens (tertiary/aromatic N) is 1. The van der Waals surface area contributed by atoms with Crippen molar-refractivity contribution >= 4 is 17.5 Å². The number of ether oxygens (including phenoxy) is 4. The van der Waals surface area contributed by atoms with E-state index in [0.717, 1.165) is 0 Å². The van der Waals surface area contributed by atoms with Crippen molar-refractivity contribution in [2.75, 3.05) is 38.8 Å². The van der Waals surface area contributed by atoms with Crippen molar-refractivity contribution in [1.82, 2.24) is 5.32 Å². The molecule has 0 spiro atoms. The number of carbonyl (C=O) groups excluding carboxylic acids is 2. The van der Waals surface area contributed by atoms with Crippen LogP contribution >= 0.6 is 0 Å². The van der Waals surface area contributed by atoms with Crippen LogP contribution in [0.15, 0.2) is 36.4 Å². The fraction of sp³-hybridized carbons (Fsp3) is 0.300. The monoisotopic (exact) mass is 384 g/mol. The van der Waals surface area contributed by atoms with E-state index in [1.807, 2.05) is 6.07 Å². The molecule has 2 aliphatic heterocycles. The van der Waals surface area contributed by atoms with Gasteiger partial charge < -0.3 is 29.2 Å². The molecule has 0 aliphatic carbocycles. The average Bonchev–Trinajstić information content (AvgIpc) is 2.76. The summed E-state index contributed by atoms with van der Waals surface area (Å²) in [6.07, 6.45) is -0.803. The van der Waals surface area contributed by atoms with Gasteiger partial charge in [0.2, 0.25) is 5.75 Å². The lowest BCUT2D eigenvalue weighted by Gasteiger charge is -2.34. The minimum Gasteiger partial charge on any atom is -0.493 e. The summed E-state index contributed by atoms with van der Waals surface area (Å²) in [6.45, 7) is 0.903. The molecular formula is C20H20N2O6. The van der Waals surface area contributed by atoms with Gasteiger partial charge in [0.05, 0.1) is 19.3 Å². The number of nitrogens with one attached hydrogen (secondary N) is 1. The van der Waals surface area contributed by atoms with Gasteiger partial charge in [-0.25, -0.2) is 0 Å². The van der Waals surface area contributed by atoms with Crippen molar-refractivity contribution in [2.45, 2.75) is 6.10 Å². The molecule has 0 fully saturated rings. The number of hydrogen-bond donors (Lipinski definition) is 1. The van der Waals surface area contributed by atoms with Gasteiger partial charge in [0.15, 0.2) is 17.6 Å². The van der Waals surface area contributed by atoms with E-state index in [0.29, 0.717) is 47.5 Å². The second-order valence-electron chi connectivity index (χ2n) is 6.31. The normalized spacial score (nSPS) is 17.2. The van der Waals surface area contributed by atoms with Crippen LogP contribution in [0.3, 0.4) is 0 Å². The number of hydrogen-bond acceptors (Lipinski definition) is 6. The summed E-state index contributed by atoms with van der Waals surface area (Å²) in [4.78, 5) is 27.0. The summed E-state index contributed by atoms with van der Waals surface area (Å²) in [5, 5.41) is 2.57. The zero-order chi connectivity index (χ0) is 19.7. The van der Waals surface area contributed by atoms with E-state index < -0.39 is 6.10 Å². The third-order valence-corrected chi connectivity index (χ3v) is 4.63. The summed E-state index contributed by atoms with van der Waals surface area (Å²) in [7, 11) is 3.04. The SMILES string of the molecule is CNC(=O)[C@@H]1CN(C(=O)c2cc(OC)c3c(c2)OCCO3)c2ccccc2O1. The molecule has 2 heterocycles. The van der Waals surface area contributed by atoms with E-state index in [1.54, 1.807) is 30.3 Å². The van der Waals surface area contributed by atoms with Crippen molar-refractivity contribution in [2.24, 2.45) is 0 Å². The average molecular weight is 384 g/mol. The largest absolute Gasteiger partial charge is 0.493 e. The van der Waals surface area contributed by atoms with Crippen LogP contribution in [0.5, 0.6) is 23.0 Å². The fourth-order valence-corrected chi connectivity index (χ4v) is 3.28. The first-order valence-corrected chi connectivity index (χ1v) is 8.89. The molecule has 1 atom stereocenters. The van der Waals surface area contributed by atoms with Crippen molar-refractivity contribution in [3.05, 3.63) is 42.0 Å². The maximum atomic E-state index is 13.4. The second-order valence-corrected chi connectivity index (χ2v) is 6.31. The Morgan fingerprint density at radius 2 is 1.93 bits per heavy atom. The number of rotatable bonds is 3. The first-order valence-electron chi connectivity index (χ1n) is 8.89. The number of amides is 2. The van der Waals surface area contributed by atoms with Crippen LogP contribution < -0.4 is 29.2 Å². The molecule has 2 amide bonds. The second kappa shape index (κ2) is 7.30. The number of carbonyl (C=O) groups is 2. The van der Waals surface area contributed by atoms with Gasteiger partial charge in [0, 0.05) is 12.6 Å². The Hall–Kier alpha value is -3.42. The molecule has 2 aromatic rings. The molecular weight excluding hydrogens is 364 g/mol. The molecule has 4 rings (SSSR count). The van der Waals surface area contributed by atoms with Crippen molar-refractivity contribution in [3.8, 4) is 23.0 Å². The van der Waals surface area contributed by atoms with Crippen LogP contribution in [0, 0.1) is 0 Å². The van der Waals surface area contributed by atoms with Gasteiger partial charge in [0.1, 0.15) is 19.0 Å². The van der Waals surface area contributed by atoms with Gasteiger partial charge in [-0.05, 0) is 24.3 Å². The van der Waals surface area contributed by atoms with Crippen LogP contribution in [0.25, 0.3) is 0 Å². The highest BCUT2D eigenvalue weighted by atomic mass is 16.6. The summed E-state index contributed by atoms with van der Waals surface area (Å²) in [5.74, 6) is 1.24. The molecule has 0 saturated carbocycles. The number of methoxy groups -OCH3 is 1. The zero-order valence-corrected chi connectivity index (χ0v) is 15.6. The highest BCUT2D eigenvalue weighted by molar-refractivity contribution is 6.08. The lowest BCUT2D eigenvalue weighted by molar-refractivity contribution is -0.127. The van der Waals surface area contributed by atoms with Crippen molar-refractivity contribution in [3.63, 3.8) is 0 Å². The Balaban J connectivity index is 1.73. The van der Waals surface area contributed by atoms with Gasteiger partial charge >= 0.3 is 0 Å².